The minimum Gasteiger partial charge on any atom is -0.338 e. The zero-order chi connectivity index (χ0) is 17.2. The molecule has 4 rings (SSSR count). The van der Waals surface area contributed by atoms with Gasteiger partial charge in [0, 0.05) is 18.7 Å². The first kappa shape index (κ1) is 15.5. The van der Waals surface area contributed by atoms with E-state index in [1.165, 1.54) is 0 Å². The van der Waals surface area contributed by atoms with Gasteiger partial charge in [-0.05, 0) is 31.9 Å². The van der Waals surface area contributed by atoms with Gasteiger partial charge < -0.3 is 9.42 Å². The van der Waals surface area contributed by atoms with E-state index in [1.807, 2.05) is 46.1 Å². The minimum atomic E-state index is 0.0830. The largest absolute Gasteiger partial charge is 0.338 e. The second-order valence-electron chi connectivity index (χ2n) is 6.12. The van der Waals surface area contributed by atoms with E-state index >= 15 is 0 Å². The molecule has 0 bridgehead atoms. The molecule has 0 N–H and O–H groups in total. The number of rotatable bonds is 3. The molecule has 1 aliphatic rings. The minimum absolute atomic E-state index is 0.0830. The zero-order valence-corrected chi connectivity index (χ0v) is 13.9. The third-order valence-corrected chi connectivity index (χ3v) is 4.40. The molecule has 128 valence electrons. The van der Waals surface area contributed by atoms with E-state index in [0.29, 0.717) is 30.5 Å². The summed E-state index contributed by atoms with van der Waals surface area (Å²) in [5, 5.41) is 12.1. The zero-order valence-electron chi connectivity index (χ0n) is 13.9. The molecule has 0 spiro atoms. The maximum absolute atomic E-state index is 12.5. The Kier molecular flexibility index (Phi) is 4.01. The molecule has 2 aromatic heterocycles. The molecule has 8 heteroatoms. The van der Waals surface area contributed by atoms with Gasteiger partial charge in [-0.25, -0.2) is 4.68 Å². The van der Waals surface area contributed by atoms with Gasteiger partial charge in [0.2, 0.25) is 0 Å². The average Bonchev–Trinajstić information content (AvgIpc) is 3.31. The number of benzene rings is 1. The first-order chi connectivity index (χ1) is 12.2. The van der Waals surface area contributed by atoms with Gasteiger partial charge in [-0.1, -0.05) is 28.6 Å². The highest BCUT2D eigenvalue weighted by molar-refractivity contribution is 5.94. The van der Waals surface area contributed by atoms with Crippen LogP contribution in [0.15, 0.2) is 41.1 Å². The Labute approximate surface area is 144 Å². The molecule has 1 aliphatic heterocycles. The predicted octanol–water partition coefficient (Wildman–Crippen LogP) is 2.11. The smallest absolute Gasteiger partial charge is 0.280 e. The first-order valence-corrected chi connectivity index (χ1v) is 8.27. The molecule has 8 nitrogen and oxygen atoms in total. The lowest BCUT2D eigenvalue weighted by atomic mass is 10.0. The number of hydrogen-bond acceptors (Lipinski definition) is 6. The molecule has 1 fully saturated rings. The van der Waals surface area contributed by atoms with Crippen molar-refractivity contribution in [1.29, 1.82) is 0 Å². The van der Waals surface area contributed by atoms with Gasteiger partial charge in [0.15, 0.2) is 11.5 Å². The lowest BCUT2D eigenvalue weighted by Crippen LogP contribution is -2.39. The summed E-state index contributed by atoms with van der Waals surface area (Å²) in [5.41, 5.74) is 1.30. The summed E-state index contributed by atoms with van der Waals surface area (Å²) in [6.07, 6.45) is 3.50. The number of likely N-dealkylation sites (tertiary alicyclic amines) is 1. The van der Waals surface area contributed by atoms with Crippen molar-refractivity contribution in [3.8, 4) is 11.6 Å². The predicted molar refractivity (Wildman–Crippen MR) is 88.7 cm³/mol. The van der Waals surface area contributed by atoms with Gasteiger partial charge in [-0.3, -0.25) is 4.79 Å². The van der Waals surface area contributed by atoms with Crippen molar-refractivity contribution in [2.75, 3.05) is 13.1 Å². The van der Waals surface area contributed by atoms with Crippen LogP contribution >= 0.6 is 0 Å². The highest BCUT2D eigenvalue weighted by atomic mass is 16.5. The van der Waals surface area contributed by atoms with Crippen molar-refractivity contribution >= 4 is 5.91 Å². The fraction of sp³-hybridized carbons (Fsp3) is 0.353. The number of carbonyl (C=O) groups is 1. The number of amides is 1. The van der Waals surface area contributed by atoms with Crippen molar-refractivity contribution in [2.24, 2.45) is 0 Å². The van der Waals surface area contributed by atoms with E-state index in [9.17, 15) is 4.79 Å². The van der Waals surface area contributed by atoms with Crippen molar-refractivity contribution in [2.45, 2.75) is 25.8 Å². The van der Waals surface area contributed by atoms with Crippen LogP contribution in [0.2, 0.25) is 0 Å². The van der Waals surface area contributed by atoms with E-state index < -0.39 is 0 Å². The standard InChI is InChI=1S/C17H18N6O2/c1-12-18-16(25-20-12)15-11-23(21-19-15)14-7-9-22(10-8-14)17(24)13-5-3-2-4-6-13/h2-6,11,14H,7-10H2,1H3. The number of hydrogen-bond donors (Lipinski definition) is 0. The van der Waals surface area contributed by atoms with Crippen molar-refractivity contribution in [1.82, 2.24) is 30.0 Å². The molecular formula is C17H18N6O2. The Morgan fingerprint density at radius 2 is 1.96 bits per heavy atom. The lowest BCUT2D eigenvalue weighted by Gasteiger charge is -2.31. The second-order valence-corrected chi connectivity index (χ2v) is 6.12. The average molecular weight is 338 g/mol. The fourth-order valence-electron chi connectivity index (χ4n) is 3.05. The lowest BCUT2D eigenvalue weighted by molar-refractivity contribution is 0.0689. The number of piperidine rings is 1. The maximum Gasteiger partial charge on any atom is 0.280 e. The molecule has 3 heterocycles. The first-order valence-electron chi connectivity index (χ1n) is 8.27. The summed E-state index contributed by atoms with van der Waals surface area (Å²) in [7, 11) is 0. The molecule has 25 heavy (non-hydrogen) atoms. The number of aryl methyl sites for hydroxylation is 1. The Balaban J connectivity index is 1.41. The summed E-state index contributed by atoms with van der Waals surface area (Å²) in [5.74, 6) is 1.03. The van der Waals surface area contributed by atoms with Gasteiger partial charge in [0.1, 0.15) is 0 Å². The van der Waals surface area contributed by atoms with Gasteiger partial charge >= 0.3 is 0 Å². The van der Waals surface area contributed by atoms with E-state index in [-0.39, 0.29) is 11.9 Å². The molecule has 0 unspecified atom stereocenters. The van der Waals surface area contributed by atoms with E-state index in [0.717, 1.165) is 18.4 Å². The monoisotopic (exact) mass is 338 g/mol. The van der Waals surface area contributed by atoms with E-state index in [2.05, 4.69) is 20.5 Å². The van der Waals surface area contributed by atoms with Gasteiger partial charge in [0.25, 0.3) is 11.8 Å². The SMILES string of the molecule is Cc1noc(-c2cn(C3CCN(C(=O)c4ccccc4)CC3)nn2)n1. The van der Waals surface area contributed by atoms with Crippen LogP contribution in [0.5, 0.6) is 0 Å². The van der Waals surface area contributed by atoms with Crippen LogP contribution in [-0.2, 0) is 0 Å². The van der Waals surface area contributed by atoms with Crippen molar-refractivity contribution in [3.05, 3.63) is 47.9 Å². The summed E-state index contributed by atoms with van der Waals surface area (Å²) in [6.45, 7) is 3.16. The van der Waals surface area contributed by atoms with Crippen LogP contribution in [-0.4, -0.2) is 49.0 Å². The molecule has 1 aromatic carbocycles. The topological polar surface area (TPSA) is 89.9 Å². The Morgan fingerprint density at radius 3 is 2.64 bits per heavy atom. The summed E-state index contributed by atoms with van der Waals surface area (Å²) in [4.78, 5) is 18.6. The van der Waals surface area contributed by atoms with Crippen LogP contribution in [0.4, 0.5) is 0 Å². The van der Waals surface area contributed by atoms with Gasteiger partial charge in [0.05, 0.1) is 12.2 Å². The molecule has 1 amide bonds. The number of carbonyl (C=O) groups excluding carboxylic acids is 1. The van der Waals surface area contributed by atoms with Crippen LogP contribution in [0.3, 0.4) is 0 Å². The van der Waals surface area contributed by atoms with Crippen LogP contribution in [0, 0.1) is 6.92 Å². The highest BCUT2D eigenvalue weighted by Gasteiger charge is 2.25. The highest BCUT2D eigenvalue weighted by Crippen LogP contribution is 2.24. The van der Waals surface area contributed by atoms with Crippen LogP contribution in [0.1, 0.15) is 35.1 Å². The quantitative estimate of drug-likeness (QED) is 0.726. The molecule has 0 saturated carbocycles. The summed E-state index contributed by atoms with van der Waals surface area (Å²) in [6, 6.07) is 9.60. The molecule has 0 atom stereocenters. The molecule has 3 aromatic rings. The number of nitrogens with zero attached hydrogens (tertiary/aromatic N) is 6. The Hall–Kier alpha value is -3.03. The molecule has 0 aliphatic carbocycles. The van der Waals surface area contributed by atoms with E-state index in [1.54, 1.807) is 6.92 Å². The van der Waals surface area contributed by atoms with E-state index in [4.69, 9.17) is 4.52 Å². The molecule has 1 saturated heterocycles. The third-order valence-electron chi connectivity index (χ3n) is 4.40. The Morgan fingerprint density at radius 1 is 1.20 bits per heavy atom. The second kappa shape index (κ2) is 6.46. The van der Waals surface area contributed by atoms with Crippen LogP contribution < -0.4 is 0 Å². The summed E-state index contributed by atoms with van der Waals surface area (Å²) < 4.78 is 6.95. The molecular weight excluding hydrogens is 320 g/mol. The molecule has 0 radical (unpaired) electrons. The Bertz CT molecular complexity index is 864. The van der Waals surface area contributed by atoms with Crippen molar-refractivity contribution in [3.63, 3.8) is 0 Å². The fourth-order valence-corrected chi connectivity index (χ4v) is 3.05. The summed E-state index contributed by atoms with van der Waals surface area (Å²) >= 11 is 0. The third kappa shape index (κ3) is 3.15. The number of aromatic nitrogens is 5. The normalized spacial score (nSPS) is 15.5. The van der Waals surface area contributed by atoms with Crippen molar-refractivity contribution < 1.29 is 9.32 Å². The van der Waals surface area contributed by atoms with Crippen LogP contribution in [0.25, 0.3) is 11.6 Å². The maximum atomic E-state index is 12.5. The van der Waals surface area contributed by atoms with Gasteiger partial charge in [-0.15, -0.1) is 5.10 Å². The van der Waals surface area contributed by atoms with Gasteiger partial charge in [-0.2, -0.15) is 4.98 Å².